The third kappa shape index (κ3) is 3.01. The van der Waals surface area contributed by atoms with E-state index < -0.39 is 0 Å². The van der Waals surface area contributed by atoms with Gasteiger partial charge < -0.3 is 10.4 Å². The third-order valence-electron chi connectivity index (χ3n) is 5.74. The van der Waals surface area contributed by atoms with E-state index in [0.717, 1.165) is 19.5 Å². The van der Waals surface area contributed by atoms with E-state index in [4.69, 9.17) is 0 Å². The molecule has 21 heavy (non-hydrogen) atoms. The van der Waals surface area contributed by atoms with E-state index in [9.17, 15) is 5.11 Å². The van der Waals surface area contributed by atoms with Crippen molar-refractivity contribution in [1.82, 2.24) is 10.2 Å². The second kappa shape index (κ2) is 6.47. The first-order valence-corrected chi connectivity index (χ1v) is 8.36. The van der Waals surface area contributed by atoms with Crippen LogP contribution < -0.4 is 5.32 Å². The predicted octanol–water partition coefficient (Wildman–Crippen LogP) is 2.19. The van der Waals surface area contributed by atoms with Crippen LogP contribution in [-0.2, 0) is 13.0 Å². The molecule has 3 heteroatoms. The van der Waals surface area contributed by atoms with Crippen LogP contribution in [0.15, 0.2) is 24.3 Å². The van der Waals surface area contributed by atoms with Gasteiger partial charge in [-0.1, -0.05) is 30.7 Å². The van der Waals surface area contributed by atoms with Gasteiger partial charge in [-0.25, -0.2) is 0 Å². The molecule has 0 amide bonds. The quantitative estimate of drug-likeness (QED) is 0.872. The topological polar surface area (TPSA) is 35.5 Å². The molecule has 2 unspecified atom stereocenters. The first-order chi connectivity index (χ1) is 10.3. The van der Waals surface area contributed by atoms with Crippen LogP contribution in [0.25, 0.3) is 0 Å². The lowest BCUT2D eigenvalue weighted by Crippen LogP contribution is -2.50. The summed E-state index contributed by atoms with van der Waals surface area (Å²) in [5.41, 5.74) is 3.00. The number of nitrogens with one attached hydrogen (secondary N) is 1. The van der Waals surface area contributed by atoms with Gasteiger partial charge in [-0.05, 0) is 56.3 Å². The van der Waals surface area contributed by atoms with Crippen molar-refractivity contribution in [2.24, 2.45) is 5.92 Å². The van der Waals surface area contributed by atoms with Crippen LogP contribution >= 0.6 is 0 Å². The number of benzene rings is 1. The largest absolute Gasteiger partial charge is 0.394 e. The van der Waals surface area contributed by atoms with Crippen LogP contribution in [0.3, 0.4) is 0 Å². The number of aliphatic hydroxyl groups excluding tert-OH is 1. The zero-order chi connectivity index (χ0) is 14.7. The molecule has 0 radical (unpaired) electrons. The van der Waals surface area contributed by atoms with Gasteiger partial charge in [0.15, 0.2) is 0 Å². The molecule has 116 valence electrons. The minimum absolute atomic E-state index is 0.0201. The van der Waals surface area contributed by atoms with Crippen molar-refractivity contribution in [3.63, 3.8) is 0 Å². The average molecular weight is 288 g/mol. The average Bonchev–Trinajstić information content (AvgIpc) is 2.96. The Morgan fingerprint density at radius 3 is 2.90 bits per heavy atom. The molecule has 1 aromatic carbocycles. The maximum absolute atomic E-state index is 9.78. The molecule has 1 aliphatic heterocycles. The number of nitrogens with zero attached hydrogens (tertiary/aromatic N) is 1. The van der Waals surface area contributed by atoms with Gasteiger partial charge in [0.1, 0.15) is 0 Å². The van der Waals surface area contributed by atoms with Crippen molar-refractivity contribution >= 4 is 0 Å². The lowest BCUT2D eigenvalue weighted by Gasteiger charge is -2.36. The molecule has 0 spiro atoms. The van der Waals surface area contributed by atoms with Crippen molar-refractivity contribution in [2.75, 3.05) is 26.7 Å². The minimum atomic E-state index is -0.0201. The molecule has 2 N–H and O–H groups in total. The summed E-state index contributed by atoms with van der Waals surface area (Å²) in [6.45, 7) is 3.70. The highest BCUT2D eigenvalue weighted by Gasteiger charge is 2.40. The summed E-state index contributed by atoms with van der Waals surface area (Å²) in [5.74, 6) is 0.615. The molecule has 1 aromatic rings. The maximum atomic E-state index is 9.78. The van der Waals surface area contributed by atoms with Gasteiger partial charge in [0.05, 0.1) is 6.61 Å². The lowest BCUT2D eigenvalue weighted by molar-refractivity contribution is 0.116. The summed E-state index contributed by atoms with van der Waals surface area (Å²) in [6, 6.07) is 8.83. The molecular weight excluding hydrogens is 260 g/mol. The smallest absolute Gasteiger partial charge is 0.0615 e. The highest BCUT2D eigenvalue weighted by atomic mass is 16.3. The zero-order valence-corrected chi connectivity index (χ0v) is 13.1. The van der Waals surface area contributed by atoms with Crippen LogP contribution in [-0.4, -0.2) is 42.3 Å². The Morgan fingerprint density at radius 2 is 2.14 bits per heavy atom. The number of likely N-dealkylation sites (N-methyl/N-ethyl adjacent to an activating group) is 1. The molecule has 2 atom stereocenters. The molecule has 1 saturated carbocycles. The minimum Gasteiger partial charge on any atom is -0.394 e. The second-order valence-electron chi connectivity index (χ2n) is 6.74. The van der Waals surface area contributed by atoms with Crippen molar-refractivity contribution in [2.45, 2.75) is 44.2 Å². The van der Waals surface area contributed by atoms with Crippen molar-refractivity contribution in [1.29, 1.82) is 0 Å². The fourth-order valence-corrected chi connectivity index (χ4v) is 4.26. The molecule has 3 rings (SSSR count). The van der Waals surface area contributed by atoms with Gasteiger partial charge in [-0.15, -0.1) is 0 Å². The Kier molecular flexibility index (Phi) is 4.63. The standard InChI is InChI=1S/C18H28N2O/c1-19-18(14-21)10-4-7-17(18)9-12-20-11-8-15-5-2-3-6-16(15)13-20/h2-3,5-6,17,19,21H,4,7-14H2,1H3. The van der Waals surface area contributed by atoms with Crippen LogP contribution in [0.4, 0.5) is 0 Å². The van der Waals surface area contributed by atoms with Crippen LogP contribution in [0.2, 0.25) is 0 Å². The predicted molar refractivity (Wildman–Crippen MR) is 86.3 cm³/mol. The summed E-state index contributed by atoms with van der Waals surface area (Å²) in [6.07, 6.45) is 6.00. The van der Waals surface area contributed by atoms with E-state index in [1.54, 1.807) is 0 Å². The Labute approximate surface area is 128 Å². The third-order valence-corrected chi connectivity index (χ3v) is 5.74. The Hall–Kier alpha value is -0.900. The van der Waals surface area contributed by atoms with Gasteiger partial charge in [-0.2, -0.15) is 0 Å². The molecule has 2 aliphatic rings. The monoisotopic (exact) mass is 288 g/mol. The summed E-state index contributed by atoms with van der Waals surface area (Å²) in [5, 5.41) is 13.2. The van der Waals surface area contributed by atoms with E-state index in [2.05, 4.69) is 34.5 Å². The Balaban J connectivity index is 1.57. The fraction of sp³-hybridized carbons (Fsp3) is 0.667. The number of fused-ring (bicyclic) bond motifs is 1. The molecule has 1 aliphatic carbocycles. The maximum Gasteiger partial charge on any atom is 0.0615 e. The van der Waals surface area contributed by atoms with E-state index in [1.165, 1.54) is 43.4 Å². The molecule has 1 heterocycles. The molecule has 3 nitrogen and oxygen atoms in total. The number of aliphatic hydroxyl groups is 1. The van der Waals surface area contributed by atoms with Crippen molar-refractivity contribution < 1.29 is 5.11 Å². The van der Waals surface area contributed by atoms with E-state index in [-0.39, 0.29) is 12.1 Å². The highest BCUT2D eigenvalue weighted by Crippen LogP contribution is 2.37. The van der Waals surface area contributed by atoms with Gasteiger partial charge in [-0.3, -0.25) is 4.90 Å². The number of rotatable bonds is 5. The van der Waals surface area contributed by atoms with Crippen LogP contribution in [0, 0.1) is 5.92 Å². The first-order valence-electron chi connectivity index (χ1n) is 8.36. The number of hydrogen-bond acceptors (Lipinski definition) is 3. The highest BCUT2D eigenvalue weighted by molar-refractivity contribution is 5.29. The van der Waals surface area contributed by atoms with Crippen molar-refractivity contribution in [3.05, 3.63) is 35.4 Å². The normalized spacial score (nSPS) is 29.5. The van der Waals surface area contributed by atoms with Crippen LogP contribution in [0.1, 0.15) is 36.8 Å². The van der Waals surface area contributed by atoms with Gasteiger partial charge >= 0.3 is 0 Å². The zero-order valence-electron chi connectivity index (χ0n) is 13.1. The van der Waals surface area contributed by atoms with E-state index >= 15 is 0 Å². The number of hydrogen-bond donors (Lipinski definition) is 2. The summed E-state index contributed by atoms with van der Waals surface area (Å²) < 4.78 is 0. The molecular formula is C18H28N2O. The Morgan fingerprint density at radius 1 is 1.33 bits per heavy atom. The molecule has 0 saturated heterocycles. The van der Waals surface area contributed by atoms with E-state index in [0.29, 0.717) is 5.92 Å². The van der Waals surface area contributed by atoms with Crippen LogP contribution in [0.5, 0.6) is 0 Å². The van der Waals surface area contributed by atoms with Gasteiger partial charge in [0.25, 0.3) is 0 Å². The fourth-order valence-electron chi connectivity index (χ4n) is 4.26. The summed E-state index contributed by atoms with van der Waals surface area (Å²) in [7, 11) is 2.01. The second-order valence-corrected chi connectivity index (χ2v) is 6.74. The Bertz CT molecular complexity index is 470. The summed E-state index contributed by atoms with van der Waals surface area (Å²) in [4.78, 5) is 2.58. The molecule has 0 bridgehead atoms. The molecule has 0 aromatic heterocycles. The van der Waals surface area contributed by atoms with Gasteiger partial charge in [0, 0.05) is 18.6 Å². The van der Waals surface area contributed by atoms with Crippen molar-refractivity contribution in [3.8, 4) is 0 Å². The van der Waals surface area contributed by atoms with Gasteiger partial charge in [0.2, 0.25) is 0 Å². The SMILES string of the molecule is CNC1(CO)CCCC1CCN1CCc2ccccc2C1. The van der Waals surface area contributed by atoms with E-state index in [1.807, 2.05) is 7.05 Å². The summed E-state index contributed by atoms with van der Waals surface area (Å²) >= 11 is 0. The lowest BCUT2D eigenvalue weighted by atomic mass is 9.85. The first kappa shape index (κ1) is 15.0. The molecule has 1 fully saturated rings.